The molecule has 1 heterocycles. The second-order valence-corrected chi connectivity index (χ2v) is 7.25. The van der Waals surface area contributed by atoms with Crippen molar-refractivity contribution in [2.45, 2.75) is 44.8 Å². The highest BCUT2D eigenvalue weighted by molar-refractivity contribution is 5.99. The van der Waals surface area contributed by atoms with Crippen molar-refractivity contribution in [2.75, 3.05) is 6.54 Å². The number of aliphatic carboxylic acids is 1. The maximum Gasteiger partial charge on any atom is 0.305 e. The van der Waals surface area contributed by atoms with Gasteiger partial charge in [0, 0.05) is 12.1 Å². The lowest BCUT2D eigenvalue weighted by atomic mass is 9.95. The molecule has 0 bridgehead atoms. The number of hydrogen-bond acceptors (Lipinski definition) is 5. The monoisotopic (exact) mass is 403 g/mol. The zero-order valence-electron chi connectivity index (χ0n) is 16.3. The Bertz CT molecular complexity index is 780. The molecule has 0 spiro atoms. The third kappa shape index (κ3) is 5.63. The first-order chi connectivity index (χ1) is 13.7. The fourth-order valence-corrected chi connectivity index (χ4v) is 3.03. The minimum absolute atomic E-state index is 0.214. The zero-order chi connectivity index (χ0) is 21.6. The molecule has 9 heteroatoms. The number of carbonyl (C=O) groups excluding carboxylic acids is 4. The average molecular weight is 403 g/mol. The van der Waals surface area contributed by atoms with Crippen molar-refractivity contribution in [3.63, 3.8) is 0 Å². The quantitative estimate of drug-likeness (QED) is 0.505. The summed E-state index contributed by atoms with van der Waals surface area (Å²) in [6.45, 7) is 3.92. The van der Waals surface area contributed by atoms with E-state index >= 15 is 0 Å². The summed E-state index contributed by atoms with van der Waals surface area (Å²) < 4.78 is 0. The molecule has 3 N–H and O–H groups in total. The number of likely N-dealkylation sites (tertiary alicyclic amines) is 1. The molecule has 2 rings (SSSR count). The van der Waals surface area contributed by atoms with E-state index in [1.807, 2.05) is 0 Å². The summed E-state index contributed by atoms with van der Waals surface area (Å²) in [5.74, 6) is -2.79. The molecule has 29 heavy (non-hydrogen) atoms. The van der Waals surface area contributed by atoms with Crippen LogP contribution in [0.3, 0.4) is 0 Å². The number of rotatable bonds is 9. The Hall–Kier alpha value is -3.23. The molecule has 1 aromatic rings. The van der Waals surface area contributed by atoms with Crippen LogP contribution >= 0.6 is 0 Å². The standard InChI is InChI=1S/C20H25N3O6/c1-12(2)17(22-18(27)13-6-4-3-5-7-13)20(29)23-9-8-15(23)19(28)21-14(11-24)10-16(25)26/h3-7,11-12,14-15,17H,8-10H2,1-2H3,(H,21,28)(H,22,27)(H,25,26)/t14-,15?,17-/m0/s1. The number of nitrogens with one attached hydrogen (secondary N) is 2. The second-order valence-electron chi connectivity index (χ2n) is 7.25. The molecular formula is C20H25N3O6. The first-order valence-electron chi connectivity index (χ1n) is 9.38. The van der Waals surface area contributed by atoms with Crippen LogP contribution in [0.2, 0.25) is 0 Å². The summed E-state index contributed by atoms with van der Waals surface area (Å²) in [7, 11) is 0. The maximum atomic E-state index is 12.9. The van der Waals surface area contributed by atoms with Crippen molar-refractivity contribution in [1.29, 1.82) is 0 Å². The summed E-state index contributed by atoms with van der Waals surface area (Å²) in [5.41, 5.74) is 0.423. The Morgan fingerprint density at radius 1 is 1.17 bits per heavy atom. The first-order valence-corrected chi connectivity index (χ1v) is 9.38. The number of carbonyl (C=O) groups is 5. The van der Waals surface area contributed by atoms with Gasteiger partial charge in [-0.2, -0.15) is 0 Å². The molecule has 3 atom stereocenters. The fraction of sp³-hybridized carbons (Fsp3) is 0.450. The highest BCUT2D eigenvalue weighted by Crippen LogP contribution is 2.21. The third-order valence-electron chi connectivity index (χ3n) is 4.75. The van der Waals surface area contributed by atoms with Crippen LogP contribution < -0.4 is 10.6 Å². The van der Waals surface area contributed by atoms with Crippen LogP contribution in [-0.2, 0) is 19.2 Å². The number of carboxylic acid groups (broad SMARTS) is 1. The van der Waals surface area contributed by atoms with Gasteiger partial charge in [0.25, 0.3) is 5.91 Å². The van der Waals surface area contributed by atoms with Crippen LogP contribution in [0.25, 0.3) is 0 Å². The molecular weight excluding hydrogens is 378 g/mol. The summed E-state index contributed by atoms with van der Waals surface area (Å²) in [4.78, 5) is 60.8. The Balaban J connectivity index is 2.04. The molecule has 0 radical (unpaired) electrons. The van der Waals surface area contributed by atoms with Crippen molar-refractivity contribution in [3.8, 4) is 0 Å². The third-order valence-corrected chi connectivity index (χ3v) is 4.75. The molecule has 1 aliphatic heterocycles. The molecule has 0 saturated carbocycles. The SMILES string of the molecule is CC(C)[C@H](NC(=O)c1ccccc1)C(=O)N1CCC1C(=O)N[C@H](C=O)CC(=O)O. The number of benzene rings is 1. The molecule has 1 saturated heterocycles. The van der Waals surface area contributed by atoms with Gasteiger partial charge >= 0.3 is 5.97 Å². The molecule has 1 aliphatic rings. The van der Waals surface area contributed by atoms with Crippen molar-refractivity contribution in [1.82, 2.24) is 15.5 Å². The molecule has 1 unspecified atom stereocenters. The maximum absolute atomic E-state index is 12.9. The van der Waals surface area contributed by atoms with Gasteiger partial charge < -0.3 is 25.4 Å². The predicted molar refractivity (Wildman–Crippen MR) is 103 cm³/mol. The van der Waals surface area contributed by atoms with E-state index in [4.69, 9.17) is 5.11 Å². The van der Waals surface area contributed by atoms with Crippen LogP contribution in [0.4, 0.5) is 0 Å². The molecule has 0 aromatic heterocycles. The predicted octanol–water partition coefficient (Wildman–Crippen LogP) is 0.200. The zero-order valence-corrected chi connectivity index (χ0v) is 16.3. The van der Waals surface area contributed by atoms with Gasteiger partial charge in [-0.05, 0) is 24.5 Å². The van der Waals surface area contributed by atoms with E-state index in [0.717, 1.165) is 0 Å². The second kappa shape index (κ2) is 9.81. The Labute approximate surface area is 168 Å². The van der Waals surface area contributed by atoms with E-state index in [0.29, 0.717) is 24.8 Å². The van der Waals surface area contributed by atoms with Crippen molar-refractivity contribution in [3.05, 3.63) is 35.9 Å². The van der Waals surface area contributed by atoms with E-state index in [-0.39, 0.29) is 11.8 Å². The molecule has 1 aromatic carbocycles. The number of carboxylic acids is 1. The van der Waals surface area contributed by atoms with E-state index in [2.05, 4.69) is 10.6 Å². The fourth-order valence-electron chi connectivity index (χ4n) is 3.03. The topological polar surface area (TPSA) is 133 Å². The van der Waals surface area contributed by atoms with E-state index in [9.17, 15) is 24.0 Å². The summed E-state index contributed by atoms with van der Waals surface area (Å²) in [5, 5.41) is 13.8. The summed E-state index contributed by atoms with van der Waals surface area (Å²) >= 11 is 0. The number of amides is 3. The van der Waals surface area contributed by atoms with Gasteiger partial charge in [0.2, 0.25) is 11.8 Å². The lowest BCUT2D eigenvalue weighted by Gasteiger charge is -2.42. The van der Waals surface area contributed by atoms with Gasteiger partial charge in [-0.3, -0.25) is 19.2 Å². The summed E-state index contributed by atoms with van der Waals surface area (Å²) in [6, 6.07) is 5.72. The largest absolute Gasteiger partial charge is 0.481 e. The van der Waals surface area contributed by atoms with Crippen molar-refractivity contribution < 1.29 is 29.1 Å². The number of hydrogen-bond donors (Lipinski definition) is 3. The van der Waals surface area contributed by atoms with E-state index in [1.54, 1.807) is 44.2 Å². The Morgan fingerprint density at radius 2 is 1.83 bits per heavy atom. The first kappa shape index (κ1) is 22.1. The minimum atomic E-state index is -1.22. The van der Waals surface area contributed by atoms with Crippen LogP contribution in [-0.4, -0.2) is 64.7 Å². The van der Waals surface area contributed by atoms with Crippen LogP contribution in [0.15, 0.2) is 30.3 Å². The van der Waals surface area contributed by atoms with Gasteiger partial charge in [-0.1, -0.05) is 32.0 Å². The highest BCUT2D eigenvalue weighted by Gasteiger charge is 2.42. The average Bonchev–Trinajstić information content (AvgIpc) is 2.64. The van der Waals surface area contributed by atoms with Crippen molar-refractivity contribution in [2.24, 2.45) is 5.92 Å². The van der Waals surface area contributed by atoms with Gasteiger partial charge in [-0.25, -0.2) is 0 Å². The van der Waals surface area contributed by atoms with Gasteiger partial charge in [0.15, 0.2) is 0 Å². The summed E-state index contributed by atoms with van der Waals surface area (Å²) in [6.07, 6.45) is 0.221. The molecule has 1 fully saturated rings. The Kier molecular flexibility index (Phi) is 7.46. The minimum Gasteiger partial charge on any atom is -0.481 e. The van der Waals surface area contributed by atoms with Gasteiger partial charge in [0.1, 0.15) is 18.4 Å². The number of aldehydes is 1. The molecule has 156 valence electrons. The lowest BCUT2D eigenvalue weighted by molar-refractivity contribution is -0.150. The molecule has 0 aliphatic carbocycles. The van der Waals surface area contributed by atoms with E-state index < -0.39 is 42.3 Å². The molecule has 3 amide bonds. The van der Waals surface area contributed by atoms with Gasteiger partial charge in [0.05, 0.1) is 12.5 Å². The smallest absolute Gasteiger partial charge is 0.305 e. The number of nitrogens with zero attached hydrogens (tertiary/aromatic N) is 1. The van der Waals surface area contributed by atoms with E-state index in [1.165, 1.54) is 4.90 Å². The van der Waals surface area contributed by atoms with Crippen molar-refractivity contribution >= 4 is 30.0 Å². The lowest BCUT2D eigenvalue weighted by Crippen LogP contribution is -2.64. The van der Waals surface area contributed by atoms with Crippen LogP contribution in [0.5, 0.6) is 0 Å². The Morgan fingerprint density at radius 3 is 2.31 bits per heavy atom. The highest BCUT2D eigenvalue weighted by atomic mass is 16.4. The van der Waals surface area contributed by atoms with Crippen LogP contribution in [0, 0.1) is 5.92 Å². The van der Waals surface area contributed by atoms with Crippen LogP contribution in [0.1, 0.15) is 37.0 Å². The normalized spacial score (nSPS) is 17.6. The molecule has 9 nitrogen and oxygen atoms in total. The van der Waals surface area contributed by atoms with Gasteiger partial charge in [-0.15, -0.1) is 0 Å².